The van der Waals surface area contributed by atoms with Crippen LogP contribution in [0.4, 0.5) is 11.4 Å². The molecule has 0 aliphatic rings. The minimum Gasteiger partial charge on any atom is -0.747 e. The molecule has 0 aliphatic heterocycles. The van der Waals surface area contributed by atoms with Crippen molar-refractivity contribution in [3.8, 4) is 0 Å². The molecular weight excluding hydrogens is 290 g/mol. The number of carbonyl (C=O) groups excluding carboxylic acids is 1. The van der Waals surface area contributed by atoms with Gasteiger partial charge in [-0.1, -0.05) is 0 Å². The Bertz CT molecular complexity index is 661. The van der Waals surface area contributed by atoms with Crippen LogP contribution in [0.15, 0.2) is 24.3 Å². The van der Waals surface area contributed by atoms with Crippen LogP contribution in [0.5, 0.6) is 0 Å². The summed E-state index contributed by atoms with van der Waals surface area (Å²) in [5.41, 5.74) is 0.461. The molecule has 1 aromatic rings. The predicted molar refractivity (Wildman–Crippen MR) is 65.6 cm³/mol. The Labute approximate surface area is 113 Å². The van der Waals surface area contributed by atoms with Crippen LogP contribution in [0.2, 0.25) is 0 Å². The number of benzene rings is 1. The second kappa shape index (κ2) is 6.09. The van der Waals surface area contributed by atoms with Crippen LogP contribution in [0.25, 0.3) is 4.98 Å². The number of anilines is 1. The standard InChI is InChI=1S/C10H9N3O6S/c11-13-7-3-1-6(2-4-7)12-9(14)5-8(10(15)16)20(17,18)19/h1-4,8H,5H2,(H2-,12,14,15,16,17,18,19). The van der Waals surface area contributed by atoms with E-state index in [0.717, 1.165) is 0 Å². The SMILES string of the molecule is N#[N+]c1ccc(NC(=O)CC(C(=O)O)S(=O)(=O)[O-])cc1. The highest BCUT2D eigenvalue weighted by atomic mass is 32.2. The van der Waals surface area contributed by atoms with Gasteiger partial charge < -0.3 is 15.0 Å². The van der Waals surface area contributed by atoms with Crippen LogP contribution in [0.3, 0.4) is 0 Å². The van der Waals surface area contributed by atoms with E-state index in [9.17, 15) is 22.6 Å². The molecule has 1 amide bonds. The zero-order valence-corrected chi connectivity index (χ0v) is 10.7. The highest BCUT2D eigenvalue weighted by Crippen LogP contribution is 2.16. The maximum absolute atomic E-state index is 11.5. The Morgan fingerprint density at radius 2 is 1.90 bits per heavy atom. The first-order chi connectivity index (χ1) is 9.24. The minimum atomic E-state index is -5.12. The fourth-order valence-electron chi connectivity index (χ4n) is 1.30. The van der Waals surface area contributed by atoms with Gasteiger partial charge in [0.25, 0.3) is 0 Å². The van der Waals surface area contributed by atoms with E-state index >= 15 is 0 Å². The number of nitrogens with one attached hydrogen (secondary N) is 1. The summed E-state index contributed by atoms with van der Waals surface area (Å²) in [6.45, 7) is 0. The van der Waals surface area contributed by atoms with Gasteiger partial charge in [-0.3, -0.25) is 9.59 Å². The first-order valence-electron chi connectivity index (χ1n) is 5.16. The van der Waals surface area contributed by atoms with E-state index in [1.54, 1.807) is 0 Å². The molecule has 0 saturated heterocycles. The van der Waals surface area contributed by atoms with Gasteiger partial charge in [0, 0.05) is 17.8 Å². The lowest BCUT2D eigenvalue weighted by molar-refractivity contribution is -0.138. The molecule has 0 heterocycles. The van der Waals surface area contributed by atoms with E-state index in [1.165, 1.54) is 24.3 Å². The van der Waals surface area contributed by atoms with Crippen molar-refractivity contribution in [2.45, 2.75) is 11.7 Å². The number of rotatable bonds is 5. The Balaban J connectivity index is 2.76. The highest BCUT2D eigenvalue weighted by Gasteiger charge is 2.27. The minimum absolute atomic E-state index is 0.230. The van der Waals surface area contributed by atoms with Gasteiger partial charge in [0.15, 0.2) is 10.2 Å². The molecule has 1 rings (SSSR count). The lowest BCUT2D eigenvalue weighted by Crippen LogP contribution is -2.34. The quantitative estimate of drug-likeness (QED) is 0.593. The number of aliphatic carboxylic acids is 1. The predicted octanol–water partition coefficient (Wildman–Crippen LogP) is 0.498. The van der Waals surface area contributed by atoms with Crippen LogP contribution in [0, 0.1) is 5.39 Å². The van der Waals surface area contributed by atoms with E-state index in [-0.39, 0.29) is 11.4 Å². The number of diazo groups is 1. The lowest BCUT2D eigenvalue weighted by Gasteiger charge is -2.15. The molecular formula is C10H9N3O6S. The van der Waals surface area contributed by atoms with Crippen molar-refractivity contribution < 1.29 is 27.7 Å². The number of nitrogens with zero attached hydrogens (tertiary/aromatic N) is 2. The fraction of sp³-hybridized carbons (Fsp3) is 0.200. The van der Waals surface area contributed by atoms with Crippen molar-refractivity contribution in [1.29, 1.82) is 5.39 Å². The number of carbonyl (C=O) groups is 2. The van der Waals surface area contributed by atoms with Crippen molar-refractivity contribution in [2.24, 2.45) is 0 Å². The van der Waals surface area contributed by atoms with Gasteiger partial charge in [0.1, 0.15) is 10.1 Å². The van der Waals surface area contributed by atoms with Gasteiger partial charge in [0.05, 0.1) is 6.42 Å². The van der Waals surface area contributed by atoms with Gasteiger partial charge >= 0.3 is 11.7 Å². The van der Waals surface area contributed by atoms with E-state index in [1.807, 2.05) is 0 Å². The molecule has 1 atom stereocenters. The van der Waals surface area contributed by atoms with Crippen LogP contribution < -0.4 is 5.32 Å². The maximum Gasteiger partial charge on any atom is 0.385 e. The molecule has 0 fully saturated rings. The third-order valence-corrected chi connectivity index (χ3v) is 3.33. The summed E-state index contributed by atoms with van der Waals surface area (Å²) in [5.74, 6) is -2.82. The molecule has 0 saturated carbocycles. The van der Waals surface area contributed by atoms with Crippen LogP contribution in [-0.4, -0.2) is 35.2 Å². The molecule has 0 aliphatic carbocycles. The summed E-state index contributed by atoms with van der Waals surface area (Å²) >= 11 is 0. The van der Waals surface area contributed by atoms with Gasteiger partial charge in [0.2, 0.25) is 11.3 Å². The zero-order chi connectivity index (χ0) is 15.3. The highest BCUT2D eigenvalue weighted by molar-refractivity contribution is 7.87. The molecule has 0 aromatic heterocycles. The molecule has 1 unspecified atom stereocenters. The van der Waals surface area contributed by atoms with Crippen LogP contribution in [-0.2, 0) is 19.7 Å². The van der Waals surface area contributed by atoms with E-state index in [2.05, 4.69) is 10.3 Å². The molecule has 0 radical (unpaired) electrons. The number of carboxylic acids is 1. The normalized spacial score (nSPS) is 12.2. The van der Waals surface area contributed by atoms with Gasteiger partial charge in [-0.25, -0.2) is 8.42 Å². The van der Waals surface area contributed by atoms with Gasteiger partial charge in [-0.2, -0.15) is 0 Å². The zero-order valence-electron chi connectivity index (χ0n) is 9.88. The van der Waals surface area contributed by atoms with Gasteiger partial charge in [-0.15, -0.1) is 0 Å². The molecule has 0 bridgehead atoms. The summed E-state index contributed by atoms with van der Waals surface area (Å²) in [6, 6.07) is 5.42. The molecule has 106 valence electrons. The monoisotopic (exact) mass is 299 g/mol. The number of carboxylic acid groups (broad SMARTS) is 1. The van der Waals surface area contributed by atoms with Crippen molar-refractivity contribution in [3.63, 3.8) is 0 Å². The Hall–Kier alpha value is -2.51. The van der Waals surface area contributed by atoms with Crippen molar-refractivity contribution in [1.82, 2.24) is 0 Å². The molecule has 10 heteroatoms. The third kappa shape index (κ3) is 4.30. The first kappa shape index (κ1) is 15.5. The van der Waals surface area contributed by atoms with Crippen LogP contribution in [0.1, 0.15) is 6.42 Å². The summed E-state index contributed by atoms with van der Waals surface area (Å²) in [4.78, 5) is 25.0. The lowest BCUT2D eigenvalue weighted by atomic mass is 10.2. The summed E-state index contributed by atoms with van der Waals surface area (Å²) in [5, 5.41) is 16.9. The number of amides is 1. The summed E-state index contributed by atoms with van der Waals surface area (Å²) < 4.78 is 32.1. The van der Waals surface area contributed by atoms with E-state index in [0.29, 0.717) is 0 Å². The van der Waals surface area contributed by atoms with E-state index < -0.39 is 33.7 Å². The molecule has 9 nitrogen and oxygen atoms in total. The molecule has 1 aromatic carbocycles. The van der Waals surface area contributed by atoms with Crippen molar-refractivity contribution in [3.05, 3.63) is 29.2 Å². The second-order valence-corrected chi connectivity index (χ2v) is 5.27. The smallest absolute Gasteiger partial charge is 0.385 e. The number of hydrogen-bond acceptors (Lipinski definition) is 6. The largest absolute Gasteiger partial charge is 0.747 e. The molecule has 2 N–H and O–H groups in total. The topological polar surface area (TPSA) is 152 Å². The Kier molecular flexibility index (Phi) is 4.73. The third-order valence-electron chi connectivity index (χ3n) is 2.26. The first-order valence-corrected chi connectivity index (χ1v) is 6.63. The second-order valence-electron chi connectivity index (χ2n) is 3.72. The average Bonchev–Trinajstić information content (AvgIpc) is 2.35. The molecule has 20 heavy (non-hydrogen) atoms. The summed E-state index contributed by atoms with van der Waals surface area (Å²) in [7, 11) is -5.12. The molecule has 0 spiro atoms. The summed E-state index contributed by atoms with van der Waals surface area (Å²) in [6.07, 6.45) is -0.993. The van der Waals surface area contributed by atoms with E-state index in [4.69, 9.17) is 10.5 Å². The Morgan fingerprint density at radius 3 is 2.30 bits per heavy atom. The maximum atomic E-state index is 11.5. The van der Waals surface area contributed by atoms with Crippen molar-refractivity contribution in [2.75, 3.05) is 5.32 Å². The Morgan fingerprint density at radius 1 is 1.35 bits per heavy atom. The fourth-order valence-corrected chi connectivity index (χ4v) is 1.91. The average molecular weight is 299 g/mol. The van der Waals surface area contributed by atoms with Crippen molar-refractivity contribution >= 4 is 33.4 Å². The number of hydrogen-bond donors (Lipinski definition) is 2. The van der Waals surface area contributed by atoms with Crippen LogP contribution >= 0.6 is 0 Å². The van der Waals surface area contributed by atoms with Gasteiger partial charge in [-0.05, 0) is 12.1 Å².